The van der Waals surface area contributed by atoms with E-state index in [2.05, 4.69) is 31.3 Å². The predicted molar refractivity (Wildman–Crippen MR) is 128 cm³/mol. The van der Waals surface area contributed by atoms with Gasteiger partial charge in [0, 0.05) is 24.0 Å². The van der Waals surface area contributed by atoms with Gasteiger partial charge in [-0.2, -0.15) is 0 Å². The number of allylic oxidation sites excluding steroid dienone is 1. The summed E-state index contributed by atoms with van der Waals surface area (Å²) in [6.45, 7) is 8.11. The van der Waals surface area contributed by atoms with E-state index >= 15 is 0 Å². The van der Waals surface area contributed by atoms with E-state index in [9.17, 15) is 14.7 Å². The fourth-order valence-corrected chi connectivity index (χ4v) is 6.65. The van der Waals surface area contributed by atoms with Crippen LogP contribution in [0.25, 0.3) is 0 Å². The van der Waals surface area contributed by atoms with Crippen LogP contribution in [0.1, 0.15) is 39.7 Å². The molecule has 6 heteroatoms. The first-order chi connectivity index (χ1) is 16.2. The lowest BCUT2D eigenvalue weighted by atomic mass is 9.59. The molecule has 10 unspecified atom stereocenters. The average Bonchev–Trinajstić information content (AvgIpc) is 3.43. The van der Waals surface area contributed by atoms with Crippen molar-refractivity contribution < 1.29 is 24.2 Å². The van der Waals surface area contributed by atoms with Crippen LogP contribution in [0.5, 0.6) is 0 Å². The monoisotopic (exact) mass is 465 g/mol. The average molecular weight is 466 g/mol. The molecule has 1 spiro atoms. The molecule has 10 atom stereocenters. The third kappa shape index (κ3) is 3.54. The molecule has 1 saturated carbocycles. The molecule has 3 heterocycles. The number of carbonyl (C=O) groups excluding carboxylic acids is 2. The highest BCUT2D eigenvalue weighted by Gasteiger charge is 2.78. The Kier molecular flexibility index (Phi) is 5.72. The van der Waals surface area contributed by atoms with E-state index in [0.29, 0.717) is 12.8 Å². The predicted octanol–water partition coefficient (Wildman–Crippen LogP) is 3.20. The van der Waals surface area contributed by atoms with Crippen LogP contribution in [0.3, 0.4) is 0 Å². The van der Waals surface area contributed by atoms with Crippen LogP contribution in [0.15, 0.2) is 54.6 Å². The molecule has 5 rings (SSSR count). The fourth-order valence-electron chi connectivity index (χ4n) is 6.65. The van der Waals surface area contributed by atoms with Crippen molar-refractivity contribution in [2.75, 3.05) is 0 Å². The molecule has 1 aromatic carbocycles. The van der Waals surface area contributed by atoms with E-state index in [1.54, 1.807) is 6.08 Å². The molecule has 2 saturated heterocycles. The number of ether oxygens (including phenoxy) is 2. The zero-order valence-corrected chi connectivity index (χ0v) is 20.3. The van der Waals surface area contributed by atoms with Gasteiger partial charge >= 0.3 is 5.97 Å². The van der Waals surface area contributed by atoms with Crippen LogP contribution in [0.4, 0.5) is 0 Å². The summed E-state index contributed by atoms with van der Waals surface area (Å²) < 4.78 is 12.5. The number of epoxide rings is 1. The van der Waals surface area contributed by atoms with Crippen LogP contribution in [-0.2, 0) is 25.5 Å². The van der Waals surface area contributed by atoms with E-state index in [0.717, 1.165) is 5.56 Å². The fraction of sp³-hybridized carbons (Fsp3) is 0.571. The van der Waals surface area contributed by atoms with E-state index in [1.165, 1.54) is 6.08 Å². The van der Waals surface area contributed by atoms with Crippen molar-refractivity contribution in [3.05, 3.63) is 60.2 Å². The maximum Gasteiger partial charge on any atom is 0.331 e. The Balaban J connectivity index is 1.58. The lowest BCUT2D eigenvalue weighted by Crippen LogP contribution is -2.61. The summed E-state index contributed by atoms with van der Waals surface area (Å²) in [6, 6.07) is 9.92. The Morgan fingerprint density at radius 1 is 1.12 bits per heavy atom. The number of aliphatic hydroxyl groups excluding tert-OH is 1. The zero-order chi connectivity index (χ0) is 24.3. The van der Waals surface area contributed by atoms with E-state index < -0.39 is 23.6 Å². The summed E-state index contributed by atoms with van der Waals surface area (Å²) >= 11 is 0. The number of rotatable bonds is 2. The molecule has 0 radical (unpaired) electrons. The zero-order valence-electron chi connectivity index (χ0n) is 20.3. The largest absolute Gasteiger partial charge is 0.445 e. The summed E-state index contributed by atoms with van der Waals surface area (Å²) in [5.74, 6) is -1.60. The van der Waals surface area contributed by atoms with Gasteiger partial charge in [-0.05, 0) is 37.2 Å². The molecular weight excluding hydrogens is 430 g/mol. The Hall–Kier alpha value is -2.44. The second-order valence-electron chi connectivity index (χ2n) is 10.9. The molecule has 0 bridgehead atoms. The minimum Gasteiger partial charge on any atom is -0.445 e. The van der Waals surface area contributed by atoms with Gasteiger partial charge in [0.15, 0.2) is 0 Å². The summed E-state index contributed by atoms with van der Waals surface area (Å²) in [6.07, 6.45) is 7.65. The molecule has 34 heavy (non-hydrogen) atoms. The van der Waals surface area contributed by atoms with Crippen molar-refractivity contribution in [2.24, 2.45) is 29.6 Å². The summed E-state index contributed by atoms with van der Waals surface area (Å²) in [5.41, 5.74) is -0.574. The molecule has 3 fully saturated rings. The number of benzene rings is 1. The number of nitrogens with one attached hydrogen (secondary N) is 1. The van der Waals surface area contributed by atoms with Crippen LogP contribution in [0.2, 0.25) is 0 Å². The molecule has 182 valence electrons. The summed E-state index contributed by atoms with van der Waals surface area (Å²) in [4.78, 5) is 26.9. The van der Waals surface area contributed by atoms with Gasteiger partial charge < -0.3 is 19.9 Å². The molecule has 1 aliphatic carbocycles. The van der Waals surface area contributed by atoms with Crippen molar-refractivity contribution >= 4 is 11.9 Å². The lowest BCUT2D eigenvalue weighted by Gasteiger charge is -2.45. The van der Waals surface area contributed by atoms with Gasteiger partial charge in [0.05, 0.1) is 23.7 Å². The van der Waals surface area contributed by atoms with Crippen molar-refractivity contribution in [2.45, 2.75) is 70.0 Å². The standard InChI is InChI=1S/C28H35NO5/c1-16-9-8-12-20-25-27(4,34-25)18(3)23-21(15-19-10-6-5-7-11-19)29-26(32)28(20,23)33-22(30)14-13-17(2)24(16)31/h5-8,10-14,16-18,20-21,23-25,31H,9,15H2,1-4H3,(H,29,32)/b12-8+,14-13+. The highest BCUT2D eigenvalue weighted by Crippen LogP contribution is 2.63. The SMILES string of the molecule is CC1/C=C/C(=O)OC23C(=O)NC(Cc4ccccc4)C2C(C)C2(C)OC2C3/C=C/CC(C)C1O. The number of esters is 1. The highest BCUT2D eigenvalue weighted by molar-refractivity contribution is 5.94. The Morgan fingerprint density at radius 3 is 2.59 bits per heavy atom. The second-order valence-corrected chi connectivity index (χ2v) is 10.9. The van der Waals surface area contributed by atoms with Gasteiger partial charge in [0.25, 0.3) is 5.91 Å². The lowest BCUT2D eigenvalue weighted by molar-refractivity contribution is -0.177. The maximum absolute atomic E-state index is 13.8. The van der Waals surface area contributed by atoms with Gasteiger partial charge in [0.1, 0.15) is 0 Å². The second kappa shape index (κ2) is 8.35. The van der Waals surface area contributed by atoms with Crippen molar-refractivity contribution in [3.63, 3.8) is 0 Å². The van der Waals surface area contributed by atoms with Crippen molar-refractivity contribution in [3.8, 4) is 0 Å². The molecule has 2 N–H and O–H groups in total. The molecule has 3 aliphatic heterocycles. The number of carbonyl (C=O) groups is 2. The highest BCUT2D eigenvalue weighted by atomic mass is 16.6. The van der Waals surface area contributed by atoms with Gasteiger partial charge in [-0.25, -0.2) is 4.79 Å². The van der Waals surface area contributed by atoms with Crippen molar-refractivity contribution in [1.29, 1.82) is 0 Å². The molecule has 6 nitrogen and oxygen atoms in total. The molecular formula is C28H35NO5. The van der Waals surface area contributed by atoms with Crippen LogP contribution >= 0.6 is 0 Å². The number of amides is 1. The number of aliphatic hydroxyl groups is 1. The first kappa shape index (κ1) is 23.3. The van der Waals surface area contributed by atoms with Crippen LogP contribution in [0, 0.1) is 29.6 Å². The minimum atomic E-state index is -1.33. The third-order valence-electron chi connectivity index (χ3n) is 8.83. The summed E-state index contributed by atoms with van der Waals surface area (Å²) in [5, 5.41) is 13.8. The smallest absolute Gasteiger partial charge is 0.331 e. The first-order valence-electron chi connectivity index (χ1n) is 12.5. The van der Waals surface area contributed by atoms with E-state index in [4.69, 9.17) is 9.47 Å². The molecule has 1 amide bonds. The number of fused-ring (bicyclic) bond motifs is 2. The Labute approximate surface area is 201 Å². The normalized spacial score (nSPS) is 47.6. The van der Waals surface area contributed by atoms with Gasteiger partial charge in [-0.15, -0.1) is 0 Å². The Bertz CT molecular complexity index is 1020. The number of hydrogen-bond acceptors (Lipinski definition) is 5. The van der Waals surface area contributed by atoms with E-state index in [1.807, 2.05) is 44.2 Å². The number of hydrogen-bond donors (Lipinski definition) is 2. The molecule has 4 aliphatic rings. The van der Waals surface area contributed by atoms with Gasteiger partial charge in [0.2, 0.25) is 5.60 Å². The minimum absolute atomic E-state index is 0.00958. The topological polar surface area (TPSA) is 88.2 Å². The van der Waals surface area contributed by atoms with E-state index in [-0.39, 0.29) is 47.3 Å². The van der Waals surface area contributed by atoms with Gasteiger partial charge in [-0.1, -0.05) is 69.3 Å². The summed E-state index contributed by atoms with van der Waals surface area (Å²) in [7, 11) is 0. The maximum atomic E-state index is 13.8. The van der Waals surface area contributed by atoms with Crippen molar-refractivity contribution in [1.82, 2.24) is 5.32 Å². The van der Waals surface area contributed by atoms with Gasteiger partial charge in [-0.3, -0.25) is 4.79 Å². The quantitative estimate of drug-likeness (QED) is 0.398. The molecule has 1 aromatic rings. The van der Waals surface area contributed by atoms with Crippen LogP contribution < -0.4 is 5.32 Å². The Morgan fingerprint density at radius 2 is 1.85 bits per heavy atom. The van der Waals surface area contributed by atoms with Crippen LogP contribution in [-0.4, -0.2) is 46.4 Å². The first-order valence-corrected chi connectivity index (χ1v) is 12.5. The molecule has 0 aromatic heterocycles. The third-order valence-corrected chi connectivity index (χ3v) is 8.83.